The maximum Gasteiger partial charge on any atom is 0.229 e. The first kappa shape index (κ1) is 16.9. The Bertz CT molecular complexity index is 519. The van der Waals surface area contributed by atoms with E-state index in [0.717, 1.165) is 44.3 Å². The van der Waals surface area contributed by atoms with Crippen molar-refractivity contribution < 1.29 is 9.59 Å². The molecule has 0 bridgehead atoms. The van der Waals surface area contributed by atoms with Crippen molar-refractivity contribution in [3.8, 4) is 0 Å². The lowest BCUT2D eigenvalue weighted by atomic mass is 10.0. The summed E-state index contributed by atoms with van der Waals surface area (Å²) >= 11 is 3.91. The molecular formula is C17H24N2O2S. The molecule has 1 aromatic rings. The van der Waals surface area contributed by atoms with Crippen LogP contribution in [0.4, 0.5) is 5.69 Å². The van der Waals surface area contributed by atoms with Crippen LogP contribution >= 0.6 is 12.6 Å². The predicted molar refractivity (Wildman–Crippen MR) is 92.4 cm³/mol. The molecule has 120 valence electrons. The van der Waals surface area contributed by atoms with Crippen LogP contribution in [-0.4, -0.2) is 30.7 Å². The summed E-state index contributed by atoms with van der Waals surface area (Å²) in [6, 6.07) is 8.18. The highest BCUT2D eigenvalue weighted by Crippen LogP contribution is 2.27. The number of nitrogens with one attached hydrogen (secondary N) is 1. The Labute approximate surface area is 137 Å². The lowest BCUT2D eigenvalue weighted by Crippen LogP contribution is -2.35. The Kier molecular flexibility index (Phi) is 6.77. The third kappa shape index (κ3) is 4.77. The van der Waals surface area contributed by atoms with E-state index in [-0.39, 0.29) is 17.6 Å². The number of fused-ring (bicyclic) bond motifs is 1. The quantitative estimate of drug-likeness (QED) is 0.599. The molecule has 0 saturated heterocycles. The van der Waals surface area contributed by atoms with Gasteiger partial charge in [-0.3, -0.25) is 9.59 Å². The molecule has 1 N–H and O–H groups in total. The Morgan fingerprint density at radius 2 is 2.00 bits per heavy atom. The first-order valence-electron chi connectivity index (χ1n) is 7.98. The zero-order chi connectivity index (χ0) is 15.8. The molecule has 4 nitrogen and oxygen atoms in total. The number of hydrogen-bond donors (Lipinski definition) is 2. The topological polar surface area (TPSA) is 49.4 Å². The second-order valence-corrected chi connectivity index (χ2v) is 5.91. The van der Waals surface area contributed by atoms with Gasteiger partial charge in [0.2, 0.25) is 11.8 Å². The normalized spacial score (nSPS) is 13.6. The molecule has 2 rings (SSSR count). The number of anilines is 1. The van der Waals surface area contributed by atoms with E-state index in [0.29, 0.717) is 13.0 Å². The Morgan fingerprint density at radius 1 is 1.18 bits per heavy atom. The van der Waals surface area contributed by atoms with Gasteiger partial charge >= 0.3 is 0 Å². The zero-order valence-electron chi connectivity index (χ0n) is 12.9. The van der Waals surface area contributed by atoms with Crippen molar-refractivity contribution in [1.82, 2.24) is 5.32 Å². The van der Waals surface area contributed by atoms with Crippen LogP contribution in [0.1, 0.15) is 37.7 Å². The minimum atomic E-state index is -0.0377. The van der Waals surface area contributed by atoms with Crippen molar-refractivity contribution >= 4 is 30.1 Å². The van der Waals surface area contributed by atoms with E-state index in [9.17, 15) is 9.59 Å². The van der Waals surface area contributed by atoms with E-state index < -0.39 is 0 Å². The molecule has 1 heterocycles. The summed E-state index contributed by atoms with van der Waals surface area (Å²) in [4.78, 5) is 25.4. The molecular weight excluding hydrogens is 296 g/mol. The zero-order valence-corrected chi connectivity index (χ0v) is 13.8. The van der Waals surface area contributed by atoms with Gasteiger partial charge in [-0.25, -0.2) is 0 Å². The van der Waals surface area contributed by atoms with Crippen LogP contribution in [-0.2, 0) is 16.0 Å². The molecule has 0 saturated carbocycles. The van der Waals surface area contributed by atoms with Gasteiger partial charge in [0.15, 0.2) is 0 Å². The number of amides is 2. The number of benzene rings is 1. The van der Waals surface area contributed by atoms with Gasteiger partial charge in [-0.1, -0.05) is 24.6 Å². The largest absolute Gasteiger partial charge is 0.355 e. The fraction of sp³-hybridized carbons (Fsp3) is 0.529. The third-order valence-electron chi connectivity index (χ3n) is 3.94. The molecule has 0 radical (unpaired) electrons. The number of para-hydroxylation sites is 1. The lowest BCUT2D eigenvalue weighted by molar-refractivity contribution is -0.119. The van der Waals surface area contributed by atoms with E-state index in [1.165, 1.54) is 5.56 Å². The number of unbranched alkanes of at least 4 members (excludes halogenated alkanes) is 2. The molecule has 0 fully saturated rings. The molecule has 22 heavy (non-hydrogen) atoms. The van der Waals surface area contributed by atoms with Gasteiger partial charge in [-0.2, -0.15) is 12.6 Å². The second kappa shape index (κ2) is 8.83. The molecule has 0 atom stereocenters. The van der Waals surface area contributed by atoms with Crippen molar-refractivity contribution in [2.45, 2.75) is 38.5 Å². The smallest absolute Gasteiger partial charge is 0.229 e. The highest BCUT2D eigenvalue weighted by molar-refractivity contribution is 7.81. The molecule has 0 spiro atoms. The molecule has 0 aromatic heterocycles. The number of thiol groups is 1. The van der Waals surface area contributed by atoms with Gasteiger partial charge in [0.05, 0.1) is 5.75 Å². The number of nitrogens with zero attached hydrogens (tertiary/aromatic N) is 1. The SMILES string of the molecule is O=C(CS)NCCCCCC(=O)N1CCCc2ccccc21. The predicted octanol–water partition coefficient (Wildman–Crippen LogP) is 2.57. The van der Waals surface area contributed by atoms with Crippen LogP contribution in [0.25, 0.3) is 0 Å². The summed E-state index contributed by atoms with van der Waals surface area (Å²) < 4.78 is 0. The summed E-state index contributed by atoms with van der Waals surface area (Å²) in [5.74, 6) is 0.406. The van der Waals surface area contributed by atoms with Gasteiger partial charge in [0.25, 0.3) is 0 Å². The summed E-state index contributed by atoms with van der Waals surface area (Å²) in [6.07, 6.45) is 5.41. The van der Waals surface area contributed by atoms with Crippen molar-refractivity contribution in [3.05, 3.63) is 29.8 Å². The second-order valence-electron chi connectivity index (χ2n) is 5.60. The van der Waals surface area contributed by atoms with E-state index in [1.54, 1.807) is 0 Å². The fourth-order valence-corrected chi connectivity index (χ4v) is 2.90. The van der Waals surface area contributed by atoms with Crippen LogP contribution in [0, 0.1) is 0 Å². The molecule has 5 heteroatoms. The maximum absolute atomic E-state index is 12.4. The highest BCUT2D eigenvalue weighted by Gasteiger charge is 2.21. The van der Waals surface area contributed by atoms with Crippen LogP contribution in [0.3, 0.4) is 0 Å². The minimum Gasteiger partial charge on any atom is -0.355 e. The number of rotatable bonds is 7. The van der Waals surface area contributed by atoms with Crippen LogP contribution in [0.15, 0.2) is 24.3 Å². The highest BCUT2D eigenvalue weighted by atomic mass is 32.1. The number of carbonyl (C=O) groups is 2. The Balaban J connectivity index is 1.71. The van der Waals surface area contributed by atoms with Crippen LogP contribution in [0.5, 0.6) is 0 Å². The lowest BCUT2D eigenvalue weighted by Gasteiger charge is -2.29. The molecule has 0 unspecified atom stereocenters. The minimum absolute atomic E-state index is 0.0377. The van der Waals surface area contributed by atoms with E-state index >= 15 is 0 Å². The standard InChI is InChI=1S/C17H24N2O2S/c20-16(13-22)18-11-5-1-2-10-17(21)19-12-6-8-14-7-3-4-9-15(14)19/h3-4,7,9,22H,1-2,5-6,8,10-13H2,(H,18,20). The molecule has 1 aliphatic heterocycles. The van der Waals surface area contributed by atoms with Crippen LogP contribution in [0.2, 0.25) is 0 Å². The third-order valence-corrected chi connectivity index (χ3v) is 4.23. The molecule has 1 aliphatic rings. The van der Waals surface area contributed by atoms with E-state index in [4.69, 9.17) is 0 Å². The molecule has 1 aromatic carbocycles. The van der Waals surface area contributed by atoms with Gasteiger partial charge in [0, 0.05) is 25.2 Å². The molecule has 0 aliphatic carbocycles. The van der Waals surface area contributed by atoms with E-state index in [1.807, 2.05) is 23.1 Å². The van der Waals surface area contributed by atoms with Crippen molar-refractivity contribution in [2.75, 3.05) is 23.7 Å². The summed E-state index contributed by atoms with van der Waals surface area (Å²) in [5.41, 5.74) is 2.36. The first-order chi connectivity index (χ1) is 10.7. The van der Waals surface area contributed by atoms with Crippen molar-refractivity contribution in [2.24, 2.45) is 0 Å². The molecule has 2 amide bonds. The summed E-state index contributed by atoms with van der Waals surface area (Å²) in [5, 5.41) is 2.79. The monoisotopic (exact) mass is 320 g/mol. The van der Waals surface area contributed by atoms with Gasteiger partial charge in [0.1, 0.15) is 0 Å². The van der Waals surface area contributed by atoms with Gasteiger partial charge in [-0.05, 0) is 37.3 Å². The van der Waals surface area contributed by atoms with Crippen molar-refractivity contribution in [1.29, 1.82) is 0 Å². The number of carbonyl (C=O) groups excluding carboxylic acids is 2. The number of hydrogen-bond acceptors (Lipinski definition) is 3. The summed E-state index contributed by atoms with van der Waals surface area (Å²) in [6.45, 7) is 1.49. The average Bonchev–Trinajstić information content (AvgIpc) is 2.56. The Hall–Kier alpha value is -1.49. The summed E-state index contributed by atoms with van der Waals surface area (Å²) in [7, 11) is 0. The Morgan fingerprint density at radius 3 is 2.82 bits per heavy atom. The van der Waals surface area contributed by atoms with Crippen LogP contribution < -0.4 is 10.2 Å². The van der Waals surface area contributed by atoms with Crippen molar-refractivity contribution in [3.63, 3.8) is 0 Å². The number of aryl methyl sites for hydroxylation is 1. The van der Waals surface area contributed by atoms with Gasteiger partial charge in [-0.15, -0.1) is 0 Å². The maximum atomic E-state index is 12.4. The fourth-order valence-electron chi connectivity index (χ4n) is 2.79. The van der Waals surface area contributed by atoms with E-state index in [2.05, 4.69) is 24.0 Å². The average molecular weight is 320 g/mol. The van der Waals surface area contributed by atoms with Gasteiger partial charge < -0.3 is 10.2 Å². The first-order valence-corrected chi connectivity index (χ1v) is 8.61.